The summed E-state index contributed by atoms with van der Waals surface area (Å²) in [7, 11) is 0. The van der Waals surface area contributed by atoms with Crippen molar-refractivity contribution in [2.45, 2.75) is 0 Å². The Morgan fingerprint density at radius 3 is 2.04 bits per heavy atom. The van der Waals surface area contributed by atoms with Gasteiger partial charge >= 0.3 is 0 Å². The van der Waals surface area contributed by atoms with E-state index in [0.717, 1.165) is 5.69 Å². The lowest BCUT2D eigenvalue weighted by atomic mass is 10.1. The minimum Gasteiger partial charge on any atom is -0.321 e. The largest absolute Gasteiger partial charge is 0.321 e. The maximum absolute atomic E-state index is 12.5. The average molecular weight is 366 g/mol. The molecule has 0 aromatic heterocycles. The molecule has 0 aliphatic carbocycles. The Balaban J connectivity index is 1.74. The van der Waals surface area contributed by atoms with Gasteiger partial charge in [0.05, 0.1) is 27.5 Å². The van der Waals surface area contributed by atoms with Crippen LogP contribution in [-0.4, -0.2) is 11.8 Å². The van der Waals surface area contributed by atoms with Crippen molar-refractivity contribution in [2.75, 3.05) is 10.7 Å². The molecule has 0 atom stereocenters. The second-order valence-corrected chi connectivity index (χ2v) is 5.83. The molecule has 2 amide bonds. The number of para-hydroxylation sites is 2. The monoisotopic (exact) mass is 365 g/mol. The van der Waals surface area contributed by atoms with Crippen LogP contribution >= 0.6 is 11.6 Å². The fourth-order valence-corrected chi connectivity index (χ4v) is 2.56. The molecule has 0 aliphatic rings. The summed E-state index contributed by atoms with van der Waals surface area (Å²) in [5.41, 5.74) is 7.26. The average Bonchev–Trinajstić information content (AvgIpc) is 2.67. The normalized spacial score (nSPS) is 10.0. The van der Waals surface area contributed by atoms with Gasteiger partial charge in [0.2, 0.25) is 0 Å². The Morgan fingerprint density at radius 2 is 1.31 bits per heavy atom. The van der Waals surface area contributed by atoms with Crippen molar-refractivity contribution >= 4 is 34.8 Å². The first-order chi connectivity index (χ1) is 12.6. The first-order valence-corrected chi connectivity index (χ1v) is 8.29. The van der Waals surface area contributed by atoms with E-state index in [1.165, 1.54) is 0 Å². The van der Waals surface area contributed by atoms with Crippen LogP contribution in [0.3, 0.4) is 0 Å². The van der Waals surface area contributed by atoms with Crippen molar-refractivity contribution in [3.05, 3.63) is 95.0 Å². The number of hydrazine groups is 1. The summed E-state index contributed by atoms with van der Waals surface area (Å²) in [6.07, 6.45) is 0. The number of halogens is 1. The summed E-state index contributed by atoms with van der Waals surface area (Å²) >= 11 is 6.06. The third-order valence-corrected chi connectivity index (χ3v) is 3.96. The van der Waals surface area contributed by atoms with E-state index < -0.39 is 0 Å². The van der Waals surface area contributed by atoms with Crippen molar-refractivity contribution in [3.63, 3.8) is 0 Å². The first kappa shape index (κ1) is 17.5. The van der Waals surface area contributed by atoms with Crippen molar-refractivity contribution < 1.29 is 9.59 Å². The van der Waals surface area contributed by atoms with Crippen LogP contribution in [0.25, 0.3) is 0 Å². The fourth-order valence-electron chi connectivity index (χ4n) is 2.34. The molecule has 0 fully saturated rings. The van der Waals surface area contributed by atoms with Crippen molar-refractivity contribution in [2.24, 2.45) is 0 Å². The summed E-state index contributed by atoms with van der Waals surface area (Å²) in [5, 5.41) is 3.08. The van der Waals surface area contributed by atoms with E-state index in [1.54, 1.807) is 48.5 Å². The van der Waals surface area contributed by atoms with Gasteiger partial charge < -0.3 is 5.32 Å². The highest BCUT2D eigenvalue weighted by Gasteiger charge is 2.15. The highest BCUT2D eigenvalue weighted by atomic mass is 35.5. The molecule has 6 heteroatoms. The molecule has 0 bridgehead atoms. The Morgan fingerprint density at radius 1 is 0.692 bits per heavy atom. The number of hydrogen-bond acceptors (Lipinski definition) is 3. The molecule has 0 spiro atoms. The second-order valence-electron chi connectivity index (χ2n) is 5.42. The molecule has 26 heavy (non-hydrogen) atoms. The van der Waals surface area contributed by atoms with Crippen LogP contribution in [0.1, 0.15) is 20.7 Å². The molecule has 3 aromatic rings. The van der Waals surface area contributed by atoms with E-state index in [-0.39, 0.29) is 11.8 Å². The number of nitrogens with one attached hydrogen (secondary N) is 3. The maximum Gasteiger partial charge on any atom is 0.271 e. The van der Waals surface area contributed by atoms with E-state index in [2.05, 4.69) is 16.2 Å². The number of anilines is 2. The lowest BCUT2D eigenvalue weighted by Crippen LogP contribution is -2.30. The van der Waals surface area contributed by atoms with Gasteiger partial charge in [0.1, 0.15) is 0 Å². The molecule has 0 unspecified atom stereocenters. The molecular weight excluding hydrogens is 350 g/mol. The molecule has 5 nitrogen and oxygen atoms in total. The van der Waals surface area contributed by atoms with Gasteiger partial charge in [-0.2, -0.15) is 0 Å². The number of carbonyl (C=O) groups is 2. The van der Waals surface area contributed by atoms with E-state index in [4.69, 9.17) is 11.6 Å². The highest BCUT2D eigenvalue weighted by molar-refractivity contribution is 6.34. The van der Waals surface area contributed by atoms with Gasteiger partial charge in [0, 0.05) is 0 Å². The molecule has 0 saturated heterocycles. The lowest BCUT2D eigenvalue weighted by Gasteiger charge is -2.13. The van der Waals surface area contributed by atoms with Gasteiger partial charge in [0.15, 0.2) is 0 Å². The topological polar surface area (TPSA) is 70.2 Å². The highest BCUT2D eigenvalue weighted by Crippen LogP contribution is 2.20. The van der Waals surface area contributed by atoms with Gasteiger partial charge in [0.25, 0.3) is 11.8 Å². The second kappa shape index (κ2) is 8.18. The fraction of sp³-hybridized carbons (Fsp3) is 0. The number of rotatable bonds is 5. The van der Waals surface area contributed by atoms with Crippen LogP contribution < -0.4 is 16.2 Å². The summed E-state index contributed by atoms with van der Waals surface area (Å²) < 4.78 is 0. The number of hydrogen-bond donors (Lipinski definition) is 3. The van der Waals surface area contributed by atoms with Gasteiger partial charge in [-0.1, -0.05) is 54.1 Å². The third kappa shape index (κ3) is 4.20. The van der Waals surface area contributed by atoms with Gasteiger partial charge in [-0.3, -0.25) is 20.4 Å². The molecule has 130 valence electrons. The minimum atomic E-state index is -0.383. The first-order valence-electron chi connectivity index (χ1n) is 7.91. The van der Waals surface area contributed by atoms with Crippen LogP contribution in [-0.2, 0) is 0 Å². The molecule has 0 heterocycles. The van der Waals surface area contributed by atoms with Crippen LogP contribution in [0.5, 0.6) is 0 Å². The standard InChI is InChI=1S/C20H16ClN3O2/c21-17-12-6-4-10-15(17)19(25)22-18-13-7-5-11-16(18)20(26)24-23-14-8-2-1-3-9-14/h1-13,23H,(H,22,25)(H,24,26). The van der Waals surface area contributed by atoms with Crippen molar-refractivity contribution in [3.8, 4) is 0 Å². The van der Waals surface area contributed by atoms with Gasteiger partial charge in [-0.25, -0.2) is 0 Å². The number of benzene rings is 3. The summed E-state index contributed by atoms with van der Waals surface area (Å²) in [6, 6.07) is 22.7. The summed E-state index contributed by atoms with van der Waals surface area (Å²) in [5.74, 6) is -0.754. The zero-order valence-corrected chi connectivity index (χ0v) is 14.5. The Labute approximate surface area is 156 Å². The van der Waals surface area contributed by atoms with Crippen LogP contribution in [0.2, 0.25) is 5.02 Å². The summed E-state index contributed by atoms with van der Waals surface area (Å²) in [6.45, 7) is 0. The molecular formula is C20H16ClN3O2. The maximum atomic E-state index is 12.5. The Kier molecular flexibility index (Phi) is 5.51. The predicted molar refractivity (Wildman–Crippen MR) is 103 cm³/mol. The van der Waals surface area contributed by atoms with E-state index in [9.17, 15) is 9.59 Å². The smallest absolute Gasteiger partial charge is 0.271 e. The minimum absolute atomic E-state index is 0.330. The van der Waals surface area contributed by atoms with Crippen LogP contribution in [0, 0.1) is 0 Å². The van der Waals surface area contributed by atoms with E-state index >= 15 is 0 Å². The van der Waals surface area contributed by atoms with Crippen LogP contribution in [0.4, 0.5) is 11.4 Å². The molecule has 3 rings (SSSR count). The quantitative estimate of drug-likeness (QED) is 0.589. The number of carbonyl (C=O) groups excluding carboxylic acids is 2. The third-order valence-electron chi connectivity index (χ3n) is 3.63. The van der Waals surface area contributed by atoms with Gasteiger partial charge in [-0.15, -0.1) is 0 Å². The number of amides is 2. The zero-order chi connectivity index (χ0) is 18.4. The molecule has 0 aliphatic heterocycles. The van der Waals surface area contributed by atoms with Crippen LogP contribution in [0.15, 0.2) is 78.9 Å². The Bertz CT molecular complexity index is 929. The Hall–Kier alpha value is -3.31. The molecule has 0 saturated carbocycles. The molecule has 3 aromatic carbocycles. The van der Waals surface area contributed by atoms with Crippen molar-refractivity contribution in [1.82, 2.24) is 5.43 Å². The lowest BCUT2D eigenvalue weighted by molar-refractivity contribution is 0.0963. The summed E-state index contributed by atoms with van der Waals surface area (Å²) in [4.78, 5) is 24.9. The zero-order valence-electron chi connectivity index (χ0n) is 13.7. The molecule has 0 radical (unpaired) electrons. The predicted octanol–water partition coefficient (Wildman–Crippen LogP) is 4.35. The molecule has 3 N–H and O–H groups in total. The SMILES string of the molecule is O=C(Nc1ccccc1C(=O)NNc1ccccc1)c1ccccc1Cl. The van der Waals surface area contributed by atoms with E-state index in [0.29, 0.717) is 21.8 Å². The van der Waals surface area contributed by atoms with Gasteiger partial charge in [-0.05, 0) is 36.4 Å². The van der Waals surface area contributed by atoms with Crippen molar-refractivity contribution in [1.29, 1.82) is 0 Å². The van der Waals surface area contributed by atoms with E-state index in [1.807, 2.05) is 30.3 Å².